The summed E-state index contributed by atoms with van der Waals surface area (Å²) in [6, 6.07) is 8.09. The summed E-state index contributed by atoms with van der Waals surface area (Å²) in [6.45, 7) is 1.99. The van der Waals surface area contributed by atoms with Crippen LogP contribution in [-0.2, 0) is 11.2 Å². The molecule has 1 aliphatic rings. The van der Waals surface area contributed by atoms with Crippen molar-refractivity contribution < 1.29 is 4.79 Å². The molecule has 1 aliphatic carbocycles. The normalized spacial score (nSPS) is 15.8. The first-order chi connectivity index (χ1) is 9.72. The maximum Gasteiger partial charge on any atom is 0.224 e. The maximum atomic E-state index is 12.2. The lowest BCUT2D eigenvalue weighted by Crippen LogP contribution is -2.31. The van der Waals surface area contributed by atoms with Gasteiger partial charge < -0.3 is 5.32 Å². The monoisotopic (exact) mass is 286 g/mol. The van der Waals surface area contributed by atoms with Crippen molar-refractivity contribution in [1.29, 1.82) is 0 Å². The summed E-state index contributed by atoms with van der Waals surface area (Å²) in [4.78, 5) is 16.7. The molecular formula is C16H18N2OS. The van der Waals surface area contributed by atoms with E-state index in [1.807, 2.05) is 41.9 Å². The third-order valence-electron chi connectivity index (χ3n) is 3.58. The molecule has 1 amide bonds. The highest BCUT2D eigenvalue weighted by Crippen LogP contribution is 2.40. The van der Waals surface area contributed by atoms with Crippen molar-refractivity contribution in [3.05, 3.63) is 52.0 Å². The summed E-state index contributed by atoms with van der Waals surface area (Å²) in [5.74, 6) is 0.638. The zero-order valence-electron chi connectivity index (χ0n) is 11.5. The molecule has 20 heavy (non-hydrogen) atoms. The van der Waals surface area contributed by atoms with Crippen molar-refractivity contribution in [1.82, 2.24) is 10.3 Å². The van der Waals surface area contributed by atoms with E-state index >= 15 is 0 Å². The van der Waals surface area contributed by atoms with Gasteiger partial charge in [0.2, 0.25) is 5.91 Å². The Labute approximate surface area is 123 Å². The molecule has 0 aromatic carbocycles. The molecule has 2 heterocycles. The second-order valence-corrected chi connectivity index (χ2v) is 6.17. The Hall–Kier alpha value is -1.68. The summed E-state index contributed by atoms with van der Waals surface area (Å²) < 4.78 is 0. The summed E-state index contributed by atoms with van der Waals surface area (Å²) >= 11 is 1.63. The minimum Gasteiger partial charge on any atom is -0.347 e. The van der Waals surface area contributed by atoms with Gasteiger partial charge in [-0.3, -0.25) is 9.78 Å². The van der Waals surface area contributed by atoms with Gasteiger partial charge in [0.1, 0.15) is 0 Å². The summed E-state index contributed by atoms with van der Waals surface area (Å²) in [5, 5.41) is 7.19. The number of rotatable bonds is 5. The quantitative estimate of drug-likeness (QED) is 0.916. The highest BCUT2D eigenvalue weighted by atomic mass is 32.1. The highest BCUT2D eigenvalue weighted by molar-refractivity contribution is 7.07. The van der Waals surface area contributed by atoms with E-state index < -0.39 is 0 Å². The van der Waals surface area contributed by atoms with Gasteiger partial charge in [-0.2, -0.15) is 11.3 Å². The second kappa shape index (κ2) is 5.75. The first-order valence-corrected chi connectivity index (χ1v) is 7.90. The predicted octanol–water partition coefficient (Wildman–Crippen LogP) is 3.26. The SMILES string of the molecule is Cc1cccc([C@H](NC(=O)Cc2ccsc2)C2CC2)n1. The van der Waals surface area contributed by atoms with E-state index in [1.165, 1.54) is 12.8 Å². The van der Waals surface area contributed by atoms with Crippen molar-refractivity contribution in [2.45, 2.75) is 32.2 Å². The van der Waals surface area contributed by atoms with Crippen molar-refractivity contribution in [2.75, 3.05) is 0 Å². The van der Waals surface area contributed by atoms with Gasteiger partial charge in [0.25, 0.3) is 0 Å². The van der Waals surface area contributed by atoms with E-state index in [1.54, 1.807) is 11.3 Å². The van der Waals surface area contributed by atoms with Crippen molar-refractivity contribution in [3.8, 4) is 0 Å². The molecule has 0 radical (unpaired) electrons. The highest BCUT2D eigenvalue weighted by Gasteiger charge is 2.34. The molecule has 0 unspecified atom stereocenters. The van der Waals surface area contributed by atoms with Crippen LogP contribution >= 0.6 is 11.3 Å². The van der Waals surface area contributed by atoms with Gasteiger partial charge in [-0.1, -0.05) is 6.07 Å². The summed E-state index contributed by atoms with van der Waals surface area (Å²) in [5.41, 5.74) is 3.07. The number of nitrogens with one attached hydrogen (secondary N) is 1. The lowest BCUT2D eigenvalue weighted by molar-refractivity contribution is -0.121. The van der Waals surface area contributed by atoms with Crippen LogP contribution in [-0.4, -0.2) is 10.9 Å². The molecule has 1 fully saturated rings. The Bertz CT molecular complexity index is 590. The van der Waals surface area contributed by atoms with Gasteiger partial charge in [-0.15, -0.1) is 0 Å². The van der Waals surface area contributed by atoms with E-state index in [2.05, 4.69) is 10.3 Å². The Balaban J connectivity index is 1.70. The number of thiophene rings is 1. The number of carbonyl (C=O) groups excluding carboxylic acids is 1. The number of nitrogens with zero attached hydrogens (tertiary/aromatic N) is 1. The van der Waals surface area contributed by atoms with Gasteiger partial charge in [0, 0.05) is 5.69 Å². The van der Waals surface area contributed by atoms with E-state index in [4.69, 9.17) is 0 Å². The fraction of sp³-hybridized carbons (Fsp3) is 0.375. The zero-order chi connectivity index (χ0) is 13.9. The standard InChI is InChI=1S/C16H18N2OS/c1-11-3-2-4-14(17-11)16(13-5-6-13)18-15(19)9-12-7-8-20-10-12/h2-4,7-8,10,13,16H,5-6,9H2,1H3,(H,18,19)/t16-/m1/s1. The molecule has 1 atom stereocenters. The largest absolute Gasteiger partial charge is 0.347 e. The summed E-state index contributed by atoms with van der Waals surface area (Å²) in [6.07, 6.45) is 2.82. The first-order valence-electron chi connectivity index (χ1n) is 6.96. The zero-order valence-corrected chi connectivity index (χ0v) is 12.3. The maximum absolute atomic E-state index is 12.2. The number of hydrogen-bond acceptors (Lipinski definition) is 3. The second-order valence-electron chi connectivity index (χ2n) is 5.39. The molecule has 0 spiro atoms. The van der Waals surface area contributed by atoms with E-state index in [9.17, 15) is 4.79 Å². The molecule has 0 bridgehead atoms. The van der Waals surface area contributed by atoms with E-state index in [0.29, 0.717) is 12.3 Å². The van der Waals surface area contributed by atoms with Crippen molar-refractivity contribution in [2.24, 2.45) is 5.92 Å². The molecule has 1 N–H and O–H groups in total. The fourth-order valence-corrected chi connectivity index (χ4v) is 3.07. The minimum atomic E-state index is 0.0704. The Morgan fingerprint density at radius 2 is 2.30 bits per heavy atom. The number of aromatic nitrogens is 1. The Morgan fingerprint density at radius 1 is 1.45 bits per heavy atom. The molecule has 3 rings (SSSR count). The van der Waals surface area contributed by atoms with Gasteiger partial charge >= 0.3 is 0 Å². The third-order valence-corrected chi connectivity index (χ3v) is 4.32. The average molecular weight is 286 g/mol. The van der Waals surface area contributed by atoms with Gasteiger partial charge in [-0.05, 0) is 60.2 Å². The minimum absolute atomic E-state index is 0.0704. The van der Waals surface area contributed by atoms with Crippen LogP contribution in [0.5, 0.6) is 0 Å². The number of pyridine rings is 1. The predicted molar refractivity (Wildman–Crippen MR) is 80.6 cm³/mol. The van der Waals surface area contributed by atoms with Crippen molar-refractivity contribution in [3.63, 3.8) is 0 Å². The van der Waals surface area contributed by atoms with Crippen LogP contribution < -0.4 is 5.32 Å². The van der Waals surface area contributed by atoms with E-state index in [-0.39, 0.29) is 11.9 Å². The lowest BCUT2D eigenvalue weighted by atomic mass is 10.1. The molecule has 0 aliphatic heterocycles. The van der Waals surface area contributed by atoms with Gasteiger partial charge in [0.05, 0.1) is 18.2 Å². The lowest BCUT2D eigenvalue weighted by Gasteiger charge is -2.18. The first kappa shape index (κ1) is 13.3. The molecule has 1 saturated carbocycles. The number of amides is 1. The summed E-state index contributed by atoms with van der Waals surface area (Å²) in [7, 11) is 0. The van der Waals surface area contributed by atoms with Crippen LogP contribution in [0.2, 0.25) is 0 Å². The van der Waals surface area contributed by atoms with Gasteiger partial charge in [0.15, 0.2) is 0 Å². The number of carbonyl (C=O) groups is 1. The Kier molecular flexibility index (Phi) is 3.83. The Morgan fingerprint density at radius 3 is 2.95 bits per heavy atom. The molecule has 104 valence electrons. The smallest absolute Gasteiger partial charge is 0.224 e. The molecule has 2 aromatic heterocycles. The third kappa shape index (κ3) is 3.25. The van der Waals surface area contributed by atoms with Crippen LogP contribution in [0.3, 0.4) is 0 Å². The molecule has 4 heteroatoms. The molecule has 2 aromatic rings. The van der Waals surface area contributed by atoms with Crippen molar-refractivity contribution >= 4 is 17.2 Å². The van der Waals surface area contributed by atoms with Crippen LogP contribution in [0.4, 0.5) is 0 Å². The molecular weight excluding hydrogens is 268 g/mol. The van der Waals surface area contributed by atoms with Crippen LogP contribution in [0.25, 0.3) is 0 Å². The molecule has 3 nitrogen and oxygen atoms in total. The van der Waals surface area contributed by atoms with Crippen LogP contribution in [0.1, 0.15) is 35.8 Å². The molecule has 0 saturated heterocycles. The average Bonchev–Trinajstić information content (AvgIpc) is 3.14. The number of aryl methyl sites for hydroxylation is 1. The topological polar surface area (TPSA) is 42.0 Å². The van der Waals surface area contributed by atoms with Crippen LogP contribution in [0.15, 0.2) is 35.0 Å². The van der Waals surface area contributed by atoms with Gasteiger partial charge in [-0.25, -0.2) is 0 Å². The number of hydrogen-bond donors (Lipinski definition) is 1. The van der Waals surface area contributed by atoms with Crippen LogP contribution in [0, 0.1) is 12.8 Å². The fourth-order valence-electron chi connectivity index (χ4n) is 2.40. The van der Waals surface area contributed by atoms with E-state index in [0.717, 1.165) is 17.0 Å².